The van der Waals surface area contributed by atoms with Crippen molar-refractivity contribution in [2.75, 3.05) is 6.61 Å². The lowest BCUT2D eigenvalue weighted by Crippen LogP contribution is -2.06. The van der Waals surface area contributed by atoms with Crippen LogP contribution in [0.3, 0.4) is 0 Å². The Kier molecular flexibility index (Phi) is 3.71. The van der Waals surface area contributed by atoms with E-state index in [-0.39, 0.29) is 12.2 Å². The molecule has 0 saturated heterocycles. The minimum Gasteiger partial charge on any atom is -0.458 e. The second-order valence-corrected chi connectivity index (χ2v) is 2.83. The van der Waals surface area contributed by atoms with Crippen LogP contribution in [0.5, 0.6) is 0 Å². The smallest absolute Gasteiger partial charge is 0.352 e. The van der Waals surface area contributed by atoms with Crippen molar-refractivity contribution in [1.29, 1.82) is 0 Å². The molecule has 6 heteroatoms. The predicted octanol–water partition coefficient (Wildman–Crippen LogP) is 1.97. The van der Waals surface area contributed by atoms with Crippen LogP contribution in [0, 0.1) is 10.7 Å². The first kappa shape index (κ1) is 11.8. The van der Waals surface area contributed by atoms with Crippen LogP contribution in [-0.4, -0.2) is 22.7 Å². The minimum absolute atomic E-state index is 0.00571. The quantitative estimate of drug-likeness (QED) is 0.484. The van der Waals surface area contributed by atoms with Crippen molar-refractivity contribution < 1.29 is 24.1 Å². The number of halogens is 1. The van der Waals surface area contributed by atoms with Gasteiger partial charge >= 0.3 is 11.7 Å². The second kappa shape index (κ2) is 5.01. The van der Waals surface area contributed by atoms with Gasteiger partial charge in [-0.1, -0.05) is 12.7 Å². The third-order valence-corrected chi connectivity index (χ3v) is 1.72. The molecular formula is C10H9FNO4+. The zero-order valence-corrected chi connectivity index (χ0v) is 8.22. The number of hydrogen-bond donors (Lipinski definition) is 1. The van der Waals surface area contributed by atoms with Crippen molar-refractivity contribution in [2.45, 2.75) is 0 Å². The molecule has 1 rings (SSSR count). The van der Waals surface area contributed by atoms with E-state index in [0.717, 1.165) is 18.2 Å². The number of hydrogen-bond acceptors (Lipinski definition) is 3. The Labute approximate surface area is 90.3 Å². The van der Waals surface area contributed by atoms with Gasteiger partial charge in [0.2, 0.25) is 5.82 Å². The average molecular weight is 226 g/mol. The molecule has 84 valence electrons. The maximum absolute atomic E-state index is 13.0. The molecule has 0 amide bonds. The van der Waals surface area contributed by atoms with Gasteiger partial charge in [-0.2, -0.15) is 4.39 Å². The van der Waals surface area contributed by atoms with E-state index in [0.29, 0.717) is 0 Å². The van der Waals surface area contributed by atoms with Crippen LogP contribution in [-0.2, 0) is 4.74 Å². The fraction of sp³-hybridized carbons (Fsp3) is 0.100. The fourth-order valence-electron chi connectivity index (χ4n) is 1.00. The first-order chi connectivity index (χ1) is 7.56. The van der Waals surface area contributed by atoms with Crippen molar-refractivity contribution in [2.24, 2.45) is 0 Å². The van der Waals surface area contributed by atoms with Gasteiger partial charge in [-0.25, -0.2) is 10.0 Å². The van der Waals surface area contributed by atoms with E-state index >= 15 is 0 Å². The summed E-state index contributed by atoms with van der Waals surface area (Å²) in [6.45, 7) is 3.36. The summed E-state index contributed by atoms with van der Waals surface area (Å²) in [5, 5.41) is 8.56. The van der Waals surface area contributed by atoms with E-state index in [9.17, 15) is 14.1 Å². The Balaban J connectivity index is 2.98. The zero-order chi connectivity index (χ0) is 12.1. The normalized spacial score (nSPS) is 9.56. The first-order valence-corrected chi connectivity index (χ1v) is 4.30. The summed E-state index contributed by atoms with van der Waals surface area (Å²) < 4.78 is 17.6. The Morgan fingerprint density at radius 2 is 2.31 bits per heavy atom. The van der Waals surface area contributed by atoms with Crippen molar-refractivity contribution in [3.05, 3.63) is 47.1 Å². The number of benzene rings is 1. The van der Waals surface area contributed by atoms with Gasteiger partial charge in [-0.3, -0.25) is 0 Å². The molecule has 0 fully saturated rings. The van der Waals surface area contributed by atoms with E-state index in [4.69, 9.17) is 5.21 Å². The van der Waals surface area contributed by atoms with E-state index < -0.39 is 22.4 Å². The van der Waals surface area contributed by atoms with Crippen molar-refractivity contribution in [3.8, 4) is 0 Å². The Hall–Kier alpha value is -2.24. The number of carbonyl (C=O) groups is 1. The molecule has 0 radical (unpaired) electrons. The van der Waals surface area contributed by atoms with Crippen LogP contribution < -0.4 is 0 Å². The van der Waals surface area contributed by atoms with Gasteiger partial charge in [0.25, 0.3) is 4.92 Å². The van der Waals surface area contributed by atoms with Gasteiger partial charge in [0, 0.05) is 6.07 Å². The summed E-state index contributed by atoms with van der Waals surface area (Å²) in [6.07, 6.45) is 1.37. The van der Waals surface area contributed by atoms with Gasteiger partial charge in [0.1, 0.15) is 6.61 Å². The number of rotatable bonds is 4. The average Bonchev–Trinajstić information content (AvgIpc) is 2.26. The van der Waals surface area contributed by atoms with Crippen LogP contribution >= 0.6 is 0 Å². The van der Waals surface area contributed by atoms with Crippen LogP contribution in [0.4, 0.5) is 10.1 Å². The van der Waals surface area contributed by atoms with Gasteiger partial charge < -0.3 is 4.74 Å². The van der Waals surface area contributed by atoms with Gasteiger partial charge in [-0.05, 0) is 12.1 Å². The SMILES string of the molecule is C=CCOC(=O)c1ccc(F)c([N+](=O)O)c1. The van der Waals surface area contributed by atoms with Crippen LogP contribution in [0.25, 0.3) is 0 Å². The summed E-state index contributed by atoms with van der Waals surface area (Å²) in [7, 11) is 0. The summed E-state index contributed by atoms with van der Waals surface area (Å²) >= 11 is 0. The lowest BCUT2D eigenvalue weighted by atomic mass is 10.2. The predicted molar refractivity (Wildman–Crippen MR) is 52.0 cm³/mol. The molecule has 0 unspecified atom stereocenters. The highest BCUT2D eigenvalue weighted by atomic mass is 19.1. The Morgan fingerprint density at radius 3 is 2.88 bits per heavy atom. The van der Waals surface area contributed by atoms with E-state index in [2.05, 4.69) is 11.3 Å². The molecule has 0 spiro atoms. The molecule has 0 heterocycles. The van der Waals surface area contributed by atoms with Gasteiger partial charge in [0.15, 0.2) is 0 Å². The zero-order valence-electron chi connectivity index (χ0n) is 8.22. The first-order valence-electron chi connectivity index (χ1n) is 4.30. The number of esters is 1. The molecule has 0 aliphatic carbocycles. The molecule has 0 atom stereocenters. The lowest BCUT2D eigenvalue weighted by molar-refractivity contribution is -0.730. The van der Waals surface area contributed by atoms with Gasteiger partial charge in [-0.15, -0.1) is 0 Å². The summed E-state index contributed by atoms with van der Waals surface area (Å²) in [6, 6.07) is 2.93. The summed E-state index contributed by atoms with van der Waals surface area (Å²) in [5.41, 5.74) is -0.679. The highest BCUT2D eigenvalue weighted by Crippen LogP contribution is 2.18. The number of carbonyl (C=O) groups excluding carboxylic acids is 1. The van der Waals surface area contributed by atoms with Gasteiger partial charge in [0.05, 0.1) is 10.5 Å². The summed E-state index contributed by atoms with van der Waals surface area (Å²) in [5.74, 6) is -1.67. The van der Waals surface area contributed by atoms with E-state index in [1.165, 1.54) is 6.08 Å². The second-order valence-electron chi connectivity index (χ2n) is 2.83. The highest BCUT2D eigenvalue weighted by molar-refractivity contribution is 5.90. The Bertz CT molecular complexity index is 444. The highest BCUT2D eigenvalue weighted by Gasteiger charge is 2.21. The van der Waals surface area contributed by atoms with Crippen LogP contribution in [0.2, 0.25) is 0 Å². The third-order valence-electron chi connectivity index (χ3n) is 1.72. The minimum atomic E-state index is -0.933. The maximum atomic E-state index is 13.0. The Morgan fingerprint density at radius 1 is 1.62 bits per heavy atom. The topological polar surface area (TPSA) is 66.6 Å². The molecule has 1 N–H and O–H groups in total. The standard InChI is InChI=1S/C10H9FNO4/c1-2-5-16-10(13)7-3-4-8(11)9(6-7)12(14)15/h2-4,6H,1,5H2,(H,14,15)/q+1. The van der Waals surface area contributed by atoms with Crippen LogP contribution in [0.15, 0.2) is 30.9 Å². The molecule has 1 aromatic rings. The largest absolute Gasteiger partial charge is 0.458 e. The summed E-state index contributed by atoms with van der Waals surface area (Å²) in [4.78, 5) is 21.2. The molecule has 16 heavy (non-hydrogen) atoms. The van der Waals surface area contributed by atoms with Crippen molar-refractivity contribution >= 4 is 11.7 Å². The molecule has 0 aliphatic heterocycles. The third kappa shape index (κ3) is 2.63. The molecule has 0 saturated carbocycles. The fourth-order valence-corrected chi connectivity index (χ4v) is 1.00. The van der Waals surface area contributed by atoms with Crippen molar-refractivity contribution in [3.63, 3.8) is 0 Å². The molecule has 1 aromatic carbocycles. The maximum Gasteiger partial charge on any atom is 0.352 e. The van der Waals surface area contributed by atoms with E-state index in [1.54, 1.807) is 0 Å². The van der Waals surface area contributed by atoms with Crippen LogP contribution in [0.1, 0.15) is 10.4 Å². The molecule has 0 bridgehead atoms. The molecule has 0 aromatic heterocycles. The molecule has 0 aliphatic rings. The van der Waals surface area contributed by atoms with Crippen molar-refractivity contribution in [1.82, 2.24) is 0 Å². The van der Waals surface area contributed by atoms with E-state index in [1.807, 2.05) is 0 Å². The number of nitrogens with zero attached hydrogens (tertiary/aromatic N) is 1. The monoisotopic (exact) mass is 226 g/mol. The molecular weight excluding hydrogens is 217 g/mol. The number of ether oxygens (including phenoxy) is 1. The molecule has 5 nitrogen and oxygen atoms in total. The lowest BCUT2D eigenvalue weighted by Gasteiger charge is -2.00.